The van der Waals surface area contributed by atoms with Gasteiger partial charge < -0.3 is 14.9 Å². The third-order valence-electron chi connectivity index (χ3n) is 6.72. The van der Waals surface area contributed by atoms with Crippen LogP contribution in [0.3, 0.4) is 0 Å². The Morgan fingerprint density at radius 2 is 1.75 bits per heavy atom. The standard InChI is InChI=1S/C33H36ClNO4S/c1-32(2,20-31(36)37)40-30(17-14-22-8-5-6-11-28(22)33(3,4)38)24-9-7-10-27(18-24)39-21-26-16-13-23-12-15-25(34)19-29(23)35-26/h5-13,15-16,18-19,30,38H,14,17,20-21H2,1-4H3,(H,36,37). The predicted octanol–water partition coefficient (Wildman–Crippen LogP) is 8.36. The Morgan fingerprint density at radius 1 is 1.00 bits per heavy atom. The van der Waals surface area contributed by atoms with Crippen LogP contribution in [-0.4, -0.2) is 25.9 Å². The highest BCUT2D eigenvalue weighted by molar-refractivity contribution is 8.00. The summed E-state index contributed by atoms with van der Waals surface area (Å²) < 4.78 is 5.68. The Kier molecular flexibility index (Phi) is 9.44. The quantitative estimate of drug-likeness (QED) is 0.176. The number of aromatic nitrogens is 1. The van der Waals surface area contributed by atoms with Gasteiger partial charge in [0.25, 0.3) is 0 Å². The lowest BCUT2D eigenvalue weighted by Crippen LogP contribution is -2.22. The summed E-state index contributed by atoms with van der Waals surface area (Å²) in [5.41, 5.74) is 3.75. The topological polar surface area (TPSA) is 79.7 Å². The van der Waals surface area contributed by atoms with Crippen molar-refractivity contribution in [1.82, 2.24) is 4.98 Å². The first-order chi connectivity index (χ1) is 18.9. The largest absolute Gasteiger partial charge is 0.487 e. The number of aliphatic hydroxyl groups is 1. The Hall–Kier alpha value is -3.06. The van der Waals surface area contributed by atoms with Crippen molar-refractivity contribution in [2.45, 2.75) is 69.2 Å². The molecule has 4 aromatic rings. The highest BCUT2D eigenvalue weighted by Crippen LogP contribution is 2.44. The third kappa shape index (κ3) is 8.23. The normalized spacial score (nSPS) is 12.8. The second kappa shape index (κ2) is 12.6. The minimum Gasteiger partial charge on any atom is -0.487 e. The van der Waals surface area contributed by atoms with Crippen LogP contribution < -0.4 is 4.74 Å². The zero-order chi connectivity index (χ0) is 28.9. The summed E-state index contributed by atoms with van der Waals surface area (Å²) in [6.07, 6.45) is 1.58. The molecule has 2 N–H and O–H groups in total. The smallest absolute Gasteiger partial charge is 0.304 e. The molecular formula is C33H36ClNO4S. The minimum atomic E-state index is -0.947. The van der Waals surface area contributed by atoms with Crippen molar-refractivity contribution in [3.8, 4) is 5.75 Å². The summed E-state index contributed by atoms with van der Waals surface area (Å²) in [6.45, 7) is 7.86. The van der Waals surface area contributed by atoms with Crippen LogP contribution in [0.25, 0.3) is 10.9 Å². The summed E-state index contributed by atoms with van der Waals surface area (Å²) in [5, 5.41) is 21.9. The maximum absolute atomic E-state index is 11.6. The molecule has 0 aliphatic heterocycles. The van der Waals surface area contributed by atoms with Crippen molar-refractivity contribution in [2.24, 2.45) is 0 Å². The molecule has 0 spiro atoms. The Morgan fingerprint density at radius 3 is 2.50 bits per heavy atom. The molecule has 0 aliphatic rings. The van der Waals surface area contributed by atoms with Crippen molar-refractivity contribution < 1.29 is 19.7 Å². The number of hydrogen-bond acceptors (Lipinski definition) is 5. The van der Waals surface area contributed by atoms with Gasteiger partial charge in [-0.1, -0.05) is 74.0 Å². The summed E-state index contributed by atoms with van der Waals surface area (Å²) >= 11 is 7.81. The van der Waals surface area contributed by atoms with Gasteiger partial charge in [0.2, 0.25) is 0 Å². The summed E-state index contributed by atoms with van der Waals surface area (Å²) in [4.78, 5) is 16.3. The maximum atomic E-state index is 11.6. The van der Waals surface area contributed by atoms with E-state index in [1.54, 1.807) is 25.6 Å². The molecule has 0 radical (unpaired) electrons. The molecule has 1 unspecified atom stereocenters. The molecule has 1 atom stereocenters. The number of aliphatic carboxylic acids is 1. The first kappa shape index (κ1) is 29.9. The number of aryl methyl sites for hydroxylation is 1. The maximum Gasteiger partial charge on any atom is 0.304 e. The van der Waals surface area contributed by atoms with Crippen molar-refractivity contribution >= 4 is 40.2 Å². The Bertz CT molecular complexity index is 1480. The molecule has 4 rings (SSSR count). The molecule has 0 amide bonds. The molecule has 0 aliphatic carbocycles. The molecule has 7 heteroatoms. The van der Waals surface area contributed by atoms with Crippen LogP contribution >= 0.6 is 23.4 Å². The number of benzene rings is 3. The van der Waals surface area contributed by atoms with Crippen LogP contribution in [0.1, 0.15) is 68.2 Å². The van der Waals surface area contributed by atoms with Crippen molar-refractivity contribution in [2.75, 3.05) is 0 Å². The summed E-state index contributed by atoms with van der Waals surface area (Å²) in [5.74, 6) is -0.0890. The van der Waals surface area contributed by atoms with Gasteiger partial charge in [-0.3, -0.25) is 4.79 Å². The van der Waals surface area contributed by atoms with E-state index in [0.29, 0.717) is 11.6 Å². The van der Waals surface area contributed by atoms with Crippen LogP contribution in [0.5, 0.6) is 5.75 Å². The SMILES string of the molecule is CC(C)(CC(=O)O)SC(CCc1ccccc1C(C)(C)O)c1cccc(OCc2ccc3ccc(Cl)cc3n2)c1. The Balaban J connectivity index is 1.55. The van der Waals surface area contributed by atoms with E-state index in [1.165, 1.54) is 0 Å². The number of carboxylic acid groups (broad SMARTS) is 1. The second-order valence-corrected chi connectivity index (χ2v) is 13.5. The van der Waals surface area contributed by atoms with Crippen molar-refractivity contribution in [3.05, 3.63) is 106 Å². The number of nitrogens with zero attached hydrogens (tertiary/aromatic N) is 1. The fraction of sp³-hybridized carbons (Fsp3) is 0.333. The van der Waals surface area contributed by atoms with E-state index in [-0.39, 0.29) is 11.7 Å². The third-order valence-corrected chi connectivity index (χ3v) is 8.53. The molecule has 0 saturated carbocycles. The molecule has 0 saturated heterocycles. The number of ether oxygens (including phenoxy) is 1. The van der Waals surface area contributed by atoms with Gasteiger partial charge in [0.05, 0.1) is 23.2 Å². The fourth-order valence-electron chi connectivity index (χ4n) is 4.88. The molecule has 1 aromatic heterocycles. The number of fused-ring (bicyclic) bond motifs is 1. The number of rotatable bonds is 12. The van der Waals surface area contributed by atoms with E-state index in [4.69, 9.17) is 16.3 Å². The zero-order valence-corrected chi connectivity index (χ0v) is 24.9. The van der Waals surface area contributed by atoms with Gasteiger partial charge in [-0.15, -0.1) is 11.8 Å². The van der Waals surface area contributed by atoms with Crippen LogP contribution in [0.4, 0.5) is 0 Å². The number of halogens is 1. The lowest BCUT2D eigenvalue weighted by molar-refractivity contribution is -0.137. The van der Waals surface area contributed by atoms with Gasteiger partial charge in [0.1, 0.15) is 12.4 Å². The molecule has 3 aromatic carbocycles. The zero-order valence-electron chi connectivity index (χ0n) is 23.4. The average molecular weight is 578 g/mol. The average Bonchev–Trinajstić information content (AvgIpc) is 2.88. The highest BCUT2D eigenvalue weighted by atomic mass is 35.5. The molecule has 0 bridgehead atoms. The number of carboxylic acids is 1. The van der Waals surface area contributed by atoms with Gasteiger partial charge in [0.15, 0.2) is 0 Å². The van der Waals surface area contributed by atoms with Gasteiger partial charge in [-0.2, -0.15) is 0 Å². The van der Waals surface area contributed by atoms with Crippen molar-refractivity contribution in [1.29, 1.82) is 0 Å². The van der Waals surface area contributed by atoms with E-state index in [2.05, 4.69) is 17.1 Å². The van der Waals surface area contributed by atoms with Gasteiger partial charge in [-0.05, 0) is 73.7 Å². The van der Waals surface area contributed by atoms with E-state index < -0.39 is 16.3 Å². The van der Waals surface area contributed by atoms with E-state index >= 15 is 0 Å². The number of hydrogen-bond donors (Lipinski definition) is 2. The van der Waals surface area contributed by atoms with Crippen molar-refractivity contribution in [3.63, 3.8) is 0 Å². The van der Waals surface area contributed by atoms with Crippen LogP contribution in [0.2, 0.25) is 5.02 Å². The highest BCUT2D eigenvalue weighted by Gasteiger charge is 2.28. The van der Waals surface area contributed by atoms with Crippen LogP contribution in [0.15, 0.2) is 78.9 Å². The fourth-order valence-corrected chi connectivity index (χ4v) is 6.54. The minimum absolute atomic E-state index is 0.0219. The molecule has 0 fully saturated rings. The molecule has 1 heterocycles. The van der Waals surface area contributed by atoms with Gasteiger partial charge in [0, 0.05) is 20.4 Å². The van der Waals surface area contributed by atoms with Crippen LogP contribution in [0, 0.1) is 0 Å². The lowest BCUT2D eigenvalue weighted by atomic mass is 9.90. The predicted molar refractivity (Wildman–Crippen MR) is 164 cm³/mol. The number of carbonyl (C=O) groups is 1. The van der Waals surface area contributed by atoms with Crippen LogP contribution in [-0.2, 0) is 23.4 Å². The Labute approximate surface area is 245 Å². The van der Waals surface area contributed by atoms with E-state index in [9.17, 15) is 15.0 Å². The first-order valence-electron chi connectivity index (χ1n) is 13.4. The molecular weight excluding hydrogens is 542 g/mol. The monoisotopic (exact) mass is 577 g/mol. The lowest BCUT2D eigenvalue weighted by Gasteiger charge is -2.29. The molecule has 40 heavy (non-hydrogen) atoms. The summed E-state index contributed by atoms with van der Waals surface area (Å²) in [6, 6.07) is 25.6. The number of thioether (sulfide) groups is 1. The first-order valence-corrected chi connectivity index (χ1v) is 14.6. The molecule has 5 nitrogen and oxygen atoms in total. The molecule has 210 valence electrons. The summed E-state index contributed by atoms with van der Waals surface area (Å²) in [7, 11) is 0. The number of pyridine rings is 1. The van der Waals surface area contributed by atoms with E-state index in [1.807, 2.05) is 80.6 Å². The van der Waals surface area contributed by atoms with E-state index in [0.717, 1.165) is 51.9 Å². The second-order valence-electron chi connectivity index (χ2n) is 11.2. The van der Waals surface area contributed by atoms with Gasteiger partial charge >= 0.3 is 5.97 Å². The van der Waals surface area contributed by atoms with Gasteiger partial charge in [-0.25, -0.2) is 4.98 Å².